The van der Waals surface area contributed by atoms with Gasteiger partial charge in [-0.1, -0.05) is 38.1 Å². The molecular formula is C43H53FN4O5. The molecular weight excluding hydrogens is 671 g/mol. The van der Waals surface area contributed by atoms with Crippen LogP contribution in [-0.2, 0) is 20.7 Å². The average Bonchev–Trinajstić information content (AvgIpc) is 3.51. The van der Waals surface area contributed by atoms with Crippen molar-refractivity contribution >= 4 is 28.4 Å². The summed E-state index contributed by atoms with van der Waals surface area (Å²) in [5.41, 5.74) is 1.59. The summed E-state index contributed by atoms with van der Waals surface area (Å²) in [6.07, 6.45) is 11.5. The number of rotatable bonds is 8. The first kappa shape index (κ1) is 36.1. The fourth-order valence-corrected chi connectivity index (χ4v) is 11.6. The van der Waals surface area contributed by atoms with Crippen molar-refractivity contribution in [2.45, 2.75) is 97.0 Å². The predicted octanol–water partition coefficient (Wildman–Crippen LogP) is 6.71. The molecule has 1 saturated heterocycles. The smallest absolute Gasteiger partial charge is 0.272 e. The van der Waals surface area contributed by atoms with Gasteiger partial charge in [0.05, 0.1) is 22.7 Å². The minimum Gasteiger partial charge on any atom is -0.378 e. The first-order chi connectivity index (χ1) is 25.5. The number of piperazine rings is 1. The molecule has 1 N–H and O–H groups in total. The Morgan fingerprint density at radius 3 is 2.47 bits per heavy atom. The number of hydrogen-bond acceptors (Lipinski definition) is 6. The fourth-order valence-electron chi connectivity index (χ4n) is 11.6. The molecule has 4 aliphatic carbocycles. The minimum absolute atomic E-state index is 0.00292. The molecule has 1 aromatic heterocycles. The first-order valence-corrected chi connectivity index (χ1v) is 20.0. The Labute approximate surface area is 311 Å². The van der Waals surface area contributed by atoms with Gasteiger partial charge in [-0.2, -0.15) is 5.10 Å². The lowest BCUT2D eigenvalue weighted by atomic mass is 9.45. The number of aromatic amines is 1. The van der Waals surface area contributed by atoms with Gasteiger partial charge in [0.15, 0.2) is 0 Å². The van der Waals surface area contributed by atoms with Crippen molar-refractivity contribution in [2.75, 3.05) is 32.8 Å². The van der Waals surface area contributed by atoms with E-state index < -0.39 is 11.7 Å². The summed E-state index contributed by atoms with van der Waals surface area (Å²) in [4.78, 5) is 54.6. The van der Waals surface area contributed by atoms with Crippen LogP contribution < -0.4 is 5.56 Å². The van der Waals surface area contributed by atoms with Crippen LogP contribution in [0.4, 0.5) is 4.39 Å². The van der Waals surface area contributed by atoms with E-state index in [1.54, 1.807) is 29.2 Å². The van der Waals surface area contributed by atoms with Gasteiger partial charge in [0, 0.05) is 63.9 Å². The second-order valence-electron chi connectivity index (χ2n) is 17.2. The second kappa shape index (κ2) is 14.4. The molecule has 10 heteroatoms. The quantitative estimate of drug-likeness (QED) is 0.259. The molecule has 53 heavy (non-hydrogen) atoms. The Hall–Kier alpha value is -3.92. The molecule has 5 fully saturated rings. The zero-order chi connectivity index (χ0) is 36.9. The Morgan fingerprint density at radius 1 is 0.906 bits per heavy atom. The van der Waals surface area contributed by atoms with E-state index >= 15 is 0 Å². The van der Waals surface area contributed by atoms with Crippen LogP contribution in [0.3, 0.4) is 0 Å². The van der Waals surface area contributed by atoms with E-state index in [2.05, 4.69) is 24.0 Å². The number of H-pyrrole nitrogens is 1. The molecule has 7 atom stereocenters. The predicted molar refractivity (Wildman–Crippen MR) is 200 cm³/mol. The number of nitrogens with zero attached hydrogens (tertiary/aromatic N) is 3. The lowest BCUT2D eigenvalue weighted by molar-refractivity contribution is -0.145. The van der Waals surface area contributed by atoms with Crippen molar-refractivity contribution in [1.82, 2.24) is 20.0 Å². The Morgan fingerprint density at radius 2 is 1.66 bits per heavy atom. The number of aromatic nitrogens is 2. The summed E-state index contributed by atoms with van der Waals surface area (Å²) in [6.45, 7) is 7.06. The van der Waals surface area contributed by atoms with Crippen molar-refractivity contribution in [1.29, 1.82) is 0 Å². The van der Waals surface area contributed by atoms with Gasteiger partial charge in [-0.05, 0) is 110 Å². The highest BCUT2D eigenvalue weighted by Crippen LogP contribution is 2.66. The summed E-state index contributed by atoms with van der Waals surface area (Å²) >= 11 is 0. The fraction of sp³-hybridized carbons (Fsp3) is 0.605. The van der Waals surface area contributed by atoms with E-state index in [0.717, 1.165) is 42.9 Å². The zero-order valence-corrected chi connectivity index (χ0v) is 31.2. The molecule has 2 heterocycles. The maximum absolute atomic E-state index is 15.0. The number of ketones is 1. The molecule has 0 radical (unpaired) electrons. The van der Waals surface area contributed by atoms with E-state index in [1.165, 1.54) is 38.2 Å². The number of halogens is 1. The number of Topliss-reactive ketones (excluding diaryl/α,β-unsaturated/α-hetero) is 1. The van der Waals surface area contributed by atoms with Crippen LogP contribution in [0.2, 0.25) is 0 Å². The minimum atomic E-state index is -0.587. The lowest BCUT2D eigenvalue weighted by Crippen LogP contribution is -2.54. The summed E-state index contributed by atoms with van der Waals surface area (Å²) in [7, 11) is 0. The van der Waals surface area contributed by atoms with Crippen molar-refractivity contribution in [3.63, 3.8) is 0 Å². The first-order valence-electron chi connectivity index (χ1n) is 20.0. The van der Waals surface area contributed by atoms with Crippen LogP contribution in [0, 0.1) is 40.3 Å². The largest absolute Gasteiger partial charge is 0.378 e. The van der Waals surface area contributed by atoms with Crippen LogP contribution in [-0.4, -0.2) is 76.5 Å². The number of nitrogens with one attached hydrogen (secondary N) is 1. The molecule has 2 amide bonds. The summed E-state index contributed by atoms with van der Waals surface area (Å²) in [5, 5.41) is 8.01. The van der Waals surface area contributed by atoms with Gasteiger partial charge in [-0.25, -0.2) is 9.49 Å². The molecule has 0 spiro atoms. The van der Waals surface area contributed by atoms with Crippen LogP contribution in [0.5, 0.6) is 0 Å². The molecule has 0 bridgehead atoms. The number of hydrogen-bond donors (Lipinski definition) is 1. The zero-order valence-electron chi connectivity index (χ0n) is 31.2. The molecule has 5 aliphatic rings. The number of amides is 2. The van der Waals surface area contributed by atoms with E-state index in [9.17, 15) is 23.6 Å². The molecule has 2 aromatic carbocycles. The van der Waals surface area contributed by atoms with E-state index in [4.69, 9.17) is 4.74 Å². The number of benzene rings is 2. The SMILES string of the molecule is C[C@]12CCC(=O)C[C@@H]1CC[C@@H]1[C@@H]2CC[C@]2(C)[C@@H](OCCCC(=O)N3CCN(C(=O)c4cc(Cc5n[nH]c(=O)c6ccccc56)ccc4F)CC3)CC[C@@H]12. The van der Waals surface area contributed by atoms with Crippen molar-refractivity contribution in [3.05, 3.63) is 75.5 Å². The molecule has 8 rings (SSSR count). The Bertz CT molecular complexity index is 1960. The Balaban J connectivity index is 0.805. The van der Waals surface area contributed by atoms with Gasteiger partial charge in [-0.3, -0.25) is 19.2 Å². The van der Waals surface area contributed by atoms with Gasteiger partial charge >= 0.3 is 0 Å². The summed E-state index contributed by atoms with van der Waals surface area (Å²) in [6, 6.07) is 11.7. The molecule has 0 unspecified atom stereocenters. The number of ether oxygens (including phenoxy) is 1. The van der Waals surface area contributed by atoms with Crippen LogP contribution in [0.15, 0.2) is 47.3 Å². The third-order valence-corrected chi connectivity index (χ3v) is 14.6. The van der Waals surface area contributed by atoms with Crippen LogP contribution >= 0.6 is 0 Å². The van der Waals surface area contributed by atoms with E-state index in [-0.39, 0.29) is 28.5 Å². The lowest BCUT2D eigenvalue weighted by Gasteiger charge is -2.60. The van der Waals surface area contributed by atoms with Crippen molar-refractivity contribution in [3.8, 4) is 0 Å². The maximum atomic E-state index is 15.0. The standard InChI is InChI=1S/C43H53FN4O5/c1-42-17-15-29(49)26-28(42)10-11-32-34-12-14-38(43(34,2)18-16-35(32)42)53-23-5-8-39(50)47-19-21-48(22-20-47)41(52)33-24-27(9-13-36(33)44)25-37-30-6-3-4-7-31(30)40(51)46-45-37/h3-4,6-7,9,13,24,28,32,34-35,38H,5,8,10-12,14-23,25-26H2,1-2H3,(H,46,51)/t28-,32-,34-,35-,38-,42-,43-/m0/s1. The van der Waals surface area contributed by atoms with Gasteiger partial charge in [0.25, 0.3) is 11.5 Å². The van der Waals surface area contributed by atoms with E-state index in [0.29, 0.717) is 91.7 Å². The molecule has 4 saturated carbocycles. The number of carbonyl (C=O) groups excluding carboxylic acids is 3. The normalized spacial score (nSPS) is 31.2. The maximum Gasteiger partial charge on any atom is 0.272 e. The highest BCUT2D eigenvalue weighted by atomic mass is 19.1. The van der Waals surface area contributed by atoms with Gasteiger partial charge in [-0.15, -0.1) is 0 Å². The van der Waals surface area contributed by atoms with Crippen LogP contribution in [0.1, 0.15) is 106 Å². The second-order valence-corrected chi connectivity index (χ2v) is 17.2. The highest BCUT2D eigenvalue weighted by molar-refractivity contribution is 5.95. The molecule has 1 aliphatic heterocycles. The van der Waals surface area contributed by atoms with Gasteiger partial charge in [0.2, 0.25) is 5.91 Å². The number of fused-ring (bicyclic) bond motifs is 6. The summed E-state index contributed by atoms with van der Waals surface area (Å²) < 4.78 is 21.6. The van der Waals surface area contributed by atoms with E-state index in [1.807, 2.05) is 17.0 Å². The molecule has 9 nitrogen and oxygen atoms in total. The highest BCUT2D eigenvalue weighted by Gasteiger charge is 2.60. The Kier molecular flexibility index (Phi) is 9.79. The third-order valence-electron chi connectivity index (χ3n) is 14.6. The van der Waals surface area contributed by atoms with Crippen molar-refractivity contribution in [2.24, 2.45) is 34.5 Å². The average molecular weight is 725 g/mol. The molecule has 282 valence electrons. The number of carbonyl (C=O) groups is 3. The third kappa shape index (κ3) is 6.63. The molecule has 3 aromatic rings. The van der Waals surface area contributed by atoms with Crippen LogP contribution in [0.25, 0.3) is 10.8 Å². The van der Waals surface area contributed by atoms with Crippen molar-refractivity contribution < 1.29 is 23.5 Å². The van der Waals surface area contributed by atoms with Gasteiger partial charge in [0.1, 0.15) is 11.6 Å². The summed E-state index contributed by atoms with van der Waals surface area (Å²) in [5.74, 6) is 2.30. The van der Waals surface area contributed by atoms with Gasteiger partial charge < -0.3 is 14.5 Å². The monoisotopic (exact) mass is 724 g/mol. The topological polar surface area (TPSA) is 113 Å².